The fourth-order valence-electron chi connectivity index (χ4n) is 9.66. The summed E-state index contributed by atoms with van der Waals surface area (Å²) >= 11 is 0. The molecule has 2 aromatic heterocycles. The molecule has 1 unspecified atom stereocenters. The van der Waals surface area contributed by atoms with Gasteiger partial charge in [-0.1, -0.05) is 193 Å². The minimum atomic E-state index is -0.441. The molecule has 0 saturated heterocycles. The number of benzene rings is 6. The average Bonchev–Trinajstić information content (AvgIpc) is 3.73. The molecule has 0 bridgehead atoms. The Morgan fingerprint density at radius 1 is 0.540 bits per heavy atom. The molecule has 6 aromatic carbocycles. The molecule has 0 aliphatic heterocycles. The van der Waals surface area contributed by atoms with E-state index in [9.17, 15) is 0 Å². The van der Waals surface area contributed by atoms with Gasteiger partial charge in [-0.05, 0) is 80.8 Å². The van der Waals surface area contributed by atoms with Gasteiger partial charge in [-0.2, -0.15) is 0 Å². The summed E-state index contributed by atoms with van der Waals surface area (Å²) in [5, 5.41) is 0. The van der Waals surface area contributed by atoms with Crippen molar-refractivity contribution < 1.29 is 20.1 Å². The summed E-state index contributed by atoms with van der Waals surface area (Å²) in [5.74, 6) is 1.86. The molecule has 8 aromatic rings. The third-order valence-corrected chi connectivity index (χ3v) is 13.1. The van der Waals surface area contributed by atoms with Crippen molar-refractivity contribution in [2.24, 2.45) is 0 Å². The molecule has 2 aliphatic rings. The largest absolute Gasteiger partial charge is 0.304 e. The van der Waals surface area contributed by atoms with Crippen LogP contribution in [0.5, 0.6) is 0 Å². The van der Waals surface area contributed by atoms with Gasteiger partial charge < -0.3 is 4.98 Å². The number of fused-ring (bicyclic) bond motifs is 10. The van der Waals surface area contributed by atoms with E-state index in [1.807, 2.05) is 6.20 Å². The van der Waals surface area contributed by atoms with Crippen LogP contribution in [0, 0.1) is 13.0 Å². The molecule has 0 amide bonds. The normalized spacial score (nSPS) is 14.8. The van der Waals surface area contributed by atoms with Gasteiger partial charge in [-0.25, -0.2) is 15.0 Å². The summed E-state index contributed by atoms with van der Waals surface area (Å²) in [6.07, 6.45) is 5.36. The van der Waals surface area contributed by atoms with Gasteiger partial charge in [0.05, 0.1) is 5.41 Å². The second kappa shape index (κ2) is 16.0. The Balaban J connectivity index is 0.00000504. The Kier molecular flexibility index (Phi) is 10.8. The molecule has 1 radical (unpaired) electrons. The van der Waals surface area contributed by atoms with Crippen LogP contribution >= 0.6 is 0 Å². The second-order valence-electron chi connectivity index (χ2n) is 19.4. The van der Waals surface area contributed by atoms with Crippen LogP contribution < -0.4 is 0 Å². The predicted octanol–water partition coefficient (Wildman–Crippen LogP) is 14.3. The van der Waals surface area contributed by atoms with Gasteiger partial charge in [-0.15, -0.1) is 29.3 Å². The van der Waals surface area contributed by atoms with Crippen molar-refractivity contribution in [1.29, 1.82) is 0 Å². The number of pyridine rings is 1. The standard InChI is InChI=1S/C58H53N4.Ir/c1-9-10-13-37-17-30-49-47(33-37)44-14-11-12-15-48(44)58(49)50-32-36(2)16-28-45(50)46-29-22-40(34-51(46)58)52-31-23-41(35-59-52)55-61-53(38-18-24-42(25-19-38)56(3,4)5)60-54(62-55)39-20-26-43(27-21-39)57(6,7)8;/h11-12,14-21,23-35H,9-10,13H2,1-8H3;/q-1;. The van der Waals surface area contributed by atoms with E-state index < -0.39 is 5.41 Å². The molecule has 2 heterocycles. The van der Waals surface area contributed by atoms with Crippen LogP contribution in [0.4, 0.5) is 0 Å². The Morgan fingerprint density at radius 3 is 1.71 bits per heavy atom. The minimum Gasteiger partial charge on any atom is -0.304 e. The number of aromatic nitrogens is 4. The maximum atomic E-state index is 5.11. The van der Waals surface area contributed by atoms with Gasteiger partial charge in [0.25, 0.3) is 0 Å². The van der Waals surface area contributed by atoms with Crippen LogP contribution in [-0.2, 0) is 42.8 Å². The van der Waals surface area contributed by atoms with Crippen molar-refractivity contribution in [3.05, 3.63) is 190 Å². The van der Waals surface area contributed by atoms with Crippen LogP contribution in [0.3, 0.4) is 0 Å². The molecule has 2 aliphatic carbocycles. The Hall–Kier alpha value is -5.87. The first-order valence-corrected chi connectivity index (χ1v) is 22.2. The topological polar surface area (TPSA) is 51.6 Å². The SMILES string of the molecule is CCCCc1ccc2c(c1)-c1ccccc1C21c2cc(-c3ccc(-c4nc(-c5ccc(C(C)(C)C)cc5)nc(-c5ccc(C(C)(C)C)cc5)n4)cn3)[c-]cc2-c2ccc(C)cc21.[Ir]. The number of unbranched alkanes of at least 4 members (excludes halogenated alkanes) is 1. The maximum absolute atomic E-state index is 5.11. The van der Waals surface area contributed by atoms with E-state index in [4.69, 9.17) is 19.9 Å². The fraction of sp³-hybridized carbons (Fsp3) is 0.241. The van der Waals surface area contributed by atoms with Gasteiger partial charge in [0.1, 0.15) is 0 Å². The van der Waals surface area contributed by atoms with Crippen molar-refractivity contribution >= 4 is 0 Å². The molecule has 315 valence electrons. The molecule has 63 heavy (non-hydrogen) atoms. The fourth-order valence-corrected chi connectivity index (χ4v) is 9.66. The third kappa shape index (κ3) is 7.30. The summed E-state index contributed by atoms with van der Waals surface area (Å²) in [6.45, 7) is 17.9. The van der Waals surface area contributed by atoms with Crippen LogP contribution in [0.25, 0.3) is 67.7 Å². The summed E-state index contributed by atoms with van der Waals surface area (Å²) in [7, 11) is 0. The van der Waals surface area contributed by atoms with E-state index in [0.717, 1.165) is 34.4 Å². The molecular weight excluding hydrogens is 945 g/mol. The van der Waals surface area contributed by atoms with Crippen LogP contribution in [0.2, 0.25) is 0 Å². The monoisotopic (exact) mass is 998 g/mol. The van der Waals surface area contributed by atoms with E-state index in [1.165, 1.54) is 79.6 Å². The van der Waals surface area contributed by atoms with Gasteiger partial charge in [0.2, 0.25) is 0 Å². The first-order chi connectivity index (χ1) is 29.8. The first-order valence-electron chi connectivity index (χ1n) is 22.2. The zero-order valence-electron chi connectivity index (χ0n) is 37.5. The first kappa shape index (κ1) is 42.4. The van der Waals surface area contributed by atoms with E-state index in [-0.39, 0.29) is 30.9 Å². The Labute approximate surface area is 386 Å². The van der Waals surface area contributed by atoms with Gasteiger partial charge >= 0.3 is 0 Å². The van der Waals surface area contributed by atoms with Crippen LogP contribution in [0.15, 0.2) is 140 Å². The maximum Gasteiger partial charge on any atom is 0.165 e. The van der Waals surface area contributed by atoms with E-state index in [2.05, 4.69) is 195 Å². The van der Waals surface area contributed by atoms with Crippen molar-refractivity contribution in [1.82, 2.24) is 19.9 Å². The molecule has 0 N–H and O–H groups in total. The predicted molar refractivity (Wildman–Crippen MR) is 255 cm³/mol. The zero-order valence-corrected chi connectivity index (χ0v) is 39.9. The van der Waals surface area contributed by atoms with Crippen molar-refractivity contribution in [2.75, 3.05) is 0 Å². The third-order valence-electron chi connectivity index (χ3n) is 13.1. The van der Waals surface area contributed by atoms with E-state index in [0.29, 0.717) is 17.5 Å². The molecule has 4 nitrogen and oxygen atoms in total. The number of hydrogen-bond acceptors (Lipinski definition) is 4. The smallest absolute Gasteiger partial charge is 0.165 e. The number of aryl methyl sites for hydroxylation is 2. The molecule has 0 fully saturated rings. The van der Waals surface area contributed by atoms with Gasteiger partial charge in [0.15, 0.2) is 17.5 Å². The summed E-state index contributed by atoms with van der Waals surface area (Å²) in [6, 6.07) is 52.8. The number of hydrogen-bond donors (Lipinski definition) is 0. The Morgan fingerprint density at radius 2 is 1.11 bits per heavy atom. The van der Waals surface area contributed by atoms with Crippen LogP contribution in [0.1, 0.15) is 106 Å². The minimum absolute atomic E-state index is 0. The van der Waals surface area contributed by atoms with E-state index >= 15 is 0 Å². The zero-order chi connectivity index (χ0) is 43.0. The van der Waals surface area contributed by atoms with Crippen molar-refractivity contribution in [3.63, 3.8) is 0 Å². The molecule has 1 atom stereocenters. The molecule has 10 rings (SSSR count). The van der Waals surface area contributed by atoms with Gasteiger partial charge in [-0.3, -0.25) is 0 Å². The van der Waals surface area contributed by atoms with Gasteiger partial charge in [0, 0.05) is 43.0 Å². The van der Waals surface area contributed by atoms with E-state index in [1.54, 1.807) is 0 Å². The second-order valence-corrected chi connectivity index (χ2v) is 19.4. The molecule has 0 saturated carbocycles. The summed E-state index contributed by atoms with van der Waals surface area (Å²) in [4.78, 5) is 20.3. The van der Waals surface area contributed by atoms with Crippen molar-refractivity contribution in [2.45, 2.75) is 90.9 Å². The average molecular weight is 998 g/mol. The summed E-state index contributed by atoms with van der Waals surface area (Å²) < 4.78 is 0. The Bertz CT molecular complexity index is 2930. The molecule has 5 heteroatoms. The molecular formula is C58H53IrN4-. The number of nitrogens with zero attached hydrogens (tertiary/aromatic N) is 4. The van der Waals surface area contributed by atoms with Crippen molar-refractivity contribution in [3.8, 4) is 67.7 Å². The quantitative estimate of drug-likeness (QED) is 0.149. The number of rotatable bonds is 7. The molecule has 1 spiro atoms. The van der Waals surface area contributed by atoms with Crippen LogP contribution in [-0.4, -0.2) is 19.9 Å². The summed E-state index contributed by atoms with van der Waals surface area (Å²) in [5.41, 5.74) is 19.9.